The Morgan fingerprint density at radius 2 is 1.41 bits per heavy atom. The van der Waals surface area contributed by atoms with E-state index in [2.05, 4.69) is 10.6 Å². The van der Waals surface area contributed by atoms with Gasteiger partial charge in [-0.15, -0.1) is 0 Å². The molecule has 2 aromatic rings. The lowest BCUT2D eigenvalue weighted by molar-refractivity contribution is -0.120. The van der Waals surface area contributed by atoms with E-state index >= 15 is 0 Å². The van der Waals surface area contributed by atoms with Gasteiger partial charge in [-0.1, -0.05) is 12.1 Å². The number of benzene rings is 2. The Morgan fingerprint density at radius 1 is 0.815 bits per heavy atom. The minimum atomic E-state index is -0.377. The van der Waals surface area contributed by atoms with Crippen molar-refractivity contribution in [1.29, 1.82) is 0 Å². The van der Waals surface area contributed by atoms with Crippen LogP contribution in [0.2, 0.25) is 0 Å². The Kier molecular flexibility index (Phi) is 7.49. The molecule has 0 aliphatic rings. The SMILES string of the molecule is COc1ccc(CCNC(=O)CNC(=O)c2cc(OC)cc(OC)c2)cc1. The van der Waals surface area contributed by atoms with Crippen molar-refractivity contribution in [2.24, 2.45) is 0 Å². The molecule has 0 aliphatic carbocycles. The molecular weight excluding hydrogens is 348 g/mol. The van der Waals surface area contributed by atoms with E-state index in [0.717, 1.165) is 11.3 Å². The number of nitrogens with one attached hydrogen (secondary N) is 2. The summed E-state index contributed by atoms with van der Waals surface area (Å²) in [6, 6.07) is 12.5. The maximum absolute atomic E-state index is 12.2. The lowest BCUT2D eigenvalue weighted by Crippen LogP contribution is -2.37. The van der Waals surface area contributed by atoms with Gasteiger partial charge in [0, 0.05) is 18.2 Å². The molecule has 0 aromatic heterocycles. The van der Waals surface area contributed by atoms with Gasteiger partial charge in [0.25, 0.3) is 5.91 Å². The number of amides is 2. The van der Waals surface area contributed by atoms with Gasteiger partial charge >= 0.3 is 0 Å². The largest absolute Gasteiger partial charge is 0.497 e. The predicted octanol–water partition coefficient (Wildman–Crippen LogP) is 1.80. The van der Waals surface area contributed by atoms with Crippen molar-refractivity contribution in [1.82, 2.24) is 10.6 Å². The zero-order valence-electron chi connectivity index (χ0n) is 15.7. The smallest absolute Gasteiger partial charge is 0.251 e. The van der Waals surface area contributed by atoms with Crippen molar-refractivity contribution in [3.63, 3.8) is 0 Å². The molecule has 2 rings (SSSR count). The highest BCUT2D eigenvalue weighted by atomic mass is 16.5. The molecule has 2 amide bonds. The van der Waals surface area contributed by atoms with Crippen LogP contribution in [0.4, 0.5) is 0 Å². The van der Waals surface area contributed by atoms with Crippen LogP contribution in [0, 0.1) is 0 Å². The molecule has 2 N–H and O–H groups in total. The first-order valence-electron chi connectivity index (χ1n) is 8.46. The van der Waals surface area contributed by atoms with Crippen LogP contribution in [0.15, 0.2) is 42.5 Å². The van der Waals surface area contributed by atoms with Crippen molar-refractivity contribution in [2.45, 2.75) is 6.42 Å². The van der Waals surface area contributed by atoms with Crippen molar-refractivity contribution in [3.05, 3.63) is 53.6 Å². The van der Waals surface area contributed by atoms with Gasteiger partial charge in [-0.2, -0.15) is 0 Å². The Bertz CT molecular complexity index is 752. The highest BCUT2D eigenvalue weighted by Gasteiger charge is 2.11. The number of carbonyl (C=O) groups is 2. The standard InChI is InChI=1S/C20H24N2O5/c1-25-16-6-4-14(5-7-16)8-9-21-19(23)13-22-20(24)15-10-17(26-2)12-18(11-15)27-3/h4-7,10-12H,8-9,13H2,1-3H3,(H,21,23)(H,22,24). The third kappa shape index (κ3) is 6.22. The molecule has 0 saturated heterocycles. The topological polar surface area (TPSA) is 85.9 Å². The first-order valence-corrected chi connectivity index (χ1v) is 8.46. The molecule has 144 valence electrons. The van der Waals surface area contributed by atoms with Gasteiger partial charge in [0.1, 0.15) is 17.2 Å². The molecular formula is C20H24N2O5. The van der Waals surface area contributed by atoms with Gasteiger partial charge in [-0.25, -0.2) is 0 Å². The molecule has 0 unspecified atom stereocenters. The fourth-order valence-corrected chi connectivity index (χ4v) is 2.40. The molecule has 0 fully saturated rings. The third-order valence-electron chi connectivity index (χ3n) is 3.92. The number of carbonyl (C=O) groups excluding carboxylic acids is 2. The van der Waals surface area contributed by atoms with Crippen molar-refractivity contribution in [2.75, 3.05) is 34.4 Å². The molecule has 0 aliphatic heterocycles. The minimum Gasteiger partial charge on any atom is -0.497 e. The summed E-state index contributed by atoms with van der Waals surface area (Å²) in [4.78, 5) is 24.1. The summed E-state index contributed by atoms with van der Waals surface area (Å²) in [7, 11) is 4.63. The Balaban J connectivity index is 1.78. The Labute approximate surface area is 158 Å². The van der Waals surface area contributed by atoms with Crippen LogP contribution in [0.3, 0.4) is 0 Å². The molecule has 0 heterocycles. The van der Waals surface area contributed by atoms with Gasteiger partial charge in [-0.05, 0) is 36.2 Å². The van der Waals surface area contributed by atoms with Gasteiger partial charge in [0.05, 0.1) is 27.9 Å². The molecule has 0 saturated carbocycles. The number of ether oxygens (including phenoxy) is 3. The fraction of sp³-hybridized carbons (Fsp3) is 0.300. The molecule has 0 atom stereocenters. The highest BCUT2D eigenvalue weighted by molar-refractivity contribution is 5.97. The second-order valence-electron chi connectivity index (χ2n) is 5.73. The fourth-order valence-electron chi connectivity index (χ4n) is 2.40. The van der Waals surface area contributed by atoms with Crippen LogP contribution < -0.4 is 24.8 Å². The Morgan fingerprint density at radius 3 is 1.96 bits per heavy atom. The summed E-state index contributed by atoms with van der Waals surface area (Å²) in [6.45, 7) is 0.370. The number of rotatable bonds is 9. The lowest BCUT2D eigenvalue weighted by Gasteiger charge is -2.10. The van der Waals surface area contributed by atoms with Gasteiger partial charge in [0.15, 0.2) is 0 Å². The van der Waals surface area contributed by atoms with Crippen LogP contribution in [0.25, 0.3) is 0 Å². The number of hydrogen-bond donors (Lipinski definition) is 2. The van der Waals surface area contributed by atoms with E-state index in [-0.39, 0.29) is 18.4 Å². The zero-order valence-corrected chi connectivity index (χ0v) is 15.7. The van der Waals surface area contributed by atoms with Crippen LogP contribution in [-0.4, -0.2) is 46.2 Å². The van der Waals surface area contributed by atoms with E-state index in [0.29, 0.717) is 30.0 Å². The van der Waals surface area contributed by atoms with E-state index in [9.17, 15) is 9.59 Å². The average Bonchev–Trinajstić information content (AvgIpc) is 2.72. The molecule has 27 heavy (non-hydrogen) atoms. The quantitative estimate of drug-likeness (QED) is 0.701. The van der Waals surface area contributed by atoms with E-state index in [1.807, 2.05) is 24.3 Å². The maximum atomic E-state index is 12.2. The molecule has 0 bridgehead atoms. The van der Waals surface area contributed by atoms with Crippen LogP contribution >= 0.6 is 0 Å². The molecule has 0 radical (unpaired) electrons. The first kappa shape index (κ1) is 20.1. The maximum Gasteiger partial charge on any atom is 0.251 e. The summed E-state index contributed by atoms with van der Waals surface area (Å²) in [5.74, 6) is 1.16. The van der Waals surface area contributed by atoms with E-state index in [1.54, 1.807) is 25.3 Å². The molecule has 2 aromatic carbocycles. The van der Waals surface area contributed by atoms with Crippen LogP contribution in [-0.2, 0) is 11.2 Å². The third-order valence-corrected chi connectivity index (χ3v) is 3.92. The number of methoxy groups -OCH3 is 3. The van der Waals surface area contributed by atoms with E-state index in [1.165, 1.54) is 14.2 Å². The lowest BCUT2D eigenvalue weighted by atomic mass is 10.1. The predicted molar refractivity (Wildman–Crippen MR) is 102 cm³/mol. The van der Waals surface area contributed by atoms with E-state index < -0.39 is 0 Å². The van der Waals surface area contributed by atoms with Gasteiger partial charge in [0.2, 0.25) is 5.91 Å². The van der Waals surface area contributed by atoms with Crippen LogP contribution in [0.5, 0.6) is 17.2 Å². The second kappa shape index (κ2) is 10.1. The van der Waals surface area contributed by atoms with Crippen molar-refractivity contribution < 1.29 is 23.8 Å². The van der Waals surface area contributed by atoms with E-state index in [4.69, 9.17) is 14.2 Å². The first-order chi connectivity index (χ1) is 13.0. The Hall–Kier alpha value is -3.22. The molecule has 7 heteroatoms. The zero-order chi connectivity index (χ0) is 19.6. The van der Waals surface area contributed by atoms with Gasteiger partial charge in [-0.3, -0.25) is 9.59 Å². The summed E-state index contributed by atoms with van der Waals surface area (Å²) in [5.41, 5.74) is 1.45. The minimum absolute atomic E-state index is 0.110. The molecule has 7 nitrogen and oxygen atoms in total. The normalized spacial score (nSPS) is 10.0. The summed E-state index contributed by atoms with van der Waals surface area (Å²) >= 11 is 0. The van der Waals surface area contributed by atoms with Gasteiger partial charge < -0.3 is 24.8 Å². The molecule has 0 spiro atoms. The average molecular weight is 372 g/mol. The summed E-state index contributed by atoms with van der Waals surface area (Å²) < 4.78 is 15.4. The highest BCUT2D eigenvalue weighted by Crippen LogP contribution is 2.22. The second-order valence-corrected chi connectivity index (χ2v) is 5.73. The summed E-state index contributed by atoms with van der Waals surface area (Å²) in [6.07, 6.45) is 0.691. The summed E-state index contributed by atoms with van der Waals surface area (Å²) in [5, 5.41) is 5.36. The van der Waals surface area contributed by atoms with Crippen molar-refractivity contribution >= 4 is 11.8 Å². The van der Waals surface area contributed by atoms with Crippen molar-refractivity contribution in [3.8, 4) is 17.2 Å². The monoisotopic (exact) mass is 372 g/mol. The van der Waals surface area contributed by atoms with Crippen LogP contribution in [0.1, 0.15) is 15.9 Å². The number of hydrogen-bond acceptors (Lipinski definition) is 5.